The SMILES string of the molecule is COc1ccc(C[C@H](NC(=O)c2ccc(C)c(NC(=O)c3ccco3)c2)c2ccc(OC)cc2)cc1. The maximum atomic E-state index is 13.3. The lowest BCUT2D eigenvalue weighted by Crippen LogP contribution is -2.30. The van der Waals surface area contributed by atoms with Crippen LogP contribution >= 0.6 is 0 Å². The van der Waals surface area contributed by atoms with Gasteiger partial charge in [-0.3, -0.25) is 9.59 Å². The summed E-state index contributed by atoms with van der Waals surface area (Å²) in [5.41, 5.74) is 3.80. The largest absolute Gasteiger partial charge is 0.497 e. The van der Waals surface area contributed by atoms with Crippen LogP contribution in [0.1, 0.15) is 43.6 Å². The maximum Gasteiger partial charge on any atom is 0.291 e. The molecule has 2 N–H and O–H groups in total. The fourth-order valence-corrected chi connectivity index (χ4v) is 3.82. The van der Waals surface area contributed by atoms with Crippen LogP contribution in [0.2, 0.25) is 0 Å². The van der Waals surface area contributed by atoms with Gasteiger partial charge in [0.05, 0.1) is 26.5 Å². The zero-order chi connectivity index (χ0) is 25.5. The Hall–Kier alpha value is -4.52. The molecule has 0 aliphatic carbocycles. The lowest BCUT2D eigenvalue weighted by atomic mass is 9.98. The Morgan fingerprint density at radius 1 is 0.861 bits per heavy atom. The molecule has 0 aliphatic rings. The van der Waals surface area contributed by atoms with Gasteiger partial charge < -0.3 is 24.5 Å². The highest BCUT2D eigenvalue weighted by molar-refractivity contribution is 6.04. The summed E-state index contributed by atoms with van der Waals surface area (Å²) in [4.78, 5) is 25.8. The molecule has 3 aromatic carbocycles. The van der Waals surface area contributed by atoms with E-state index in [1.807, 2.05) is 55.5 Å². The number of rotatable bonds is 9. The molecular formula is C29H28N2O5. The third-order valence-electron chi connectivity index (χ3n) is 5.92. The molecule has 0 bridgehead atoms. The van der Waals surface area contributed by atoms with Crippen molar-refractivity contribution in [2.24, 2.45) is 0 Å². The number of methoxy groups -OCH3 is 2. The number of hydrogen-bond acceptors (Lipinski definition) is 5. The van der Waals surface area contributed by atoms with Crippen LogP contribution in [0.3, 0.4) is 0 Å². The molecule has 0 spiro atoms. The molecule has 4 rings (SSSR count). The van der Waals surface area contributed by atoms with Crippen molar-refractivity contribution in [3.05, 3.63) is 113 Å². The van der Waals surface area contributed by atoms with Crippen LogP contribution in [0.15, 0.2) is 89.5 Å². The highest BCUT2D eigenvalue weighted by Crippen LogP contribution is 2.24. The lowest BCUT2D eigenvalue weighted by Gasteiger charge is -2.20. The summed E-state index contributed by atoms with van der Waals surface area (Å²) >= 11 is 0. The molecule has 184 valence electrons. The molecule has 0 unspecified atom stereocenters. The van der Waals surface area contributed by atoms with Gasteiger partial charge in [0.25, 0.3) is 11.8 Å². The third-order valence-corrected chi connectivity index (χ3v) is 5.92. The first kappa shape index (κ1) is 24.6. The molecule has 0 saturated heterocycles. The van der Waals surface area contributed by atoms with Crippen molar-refractivity contribution in [3.8, 4) is 11.5 Å². The molecule has 36 heavy (non-hydrogen) atoms. The van der Waals surface area contributed by atoms with Gasteiger partial charge in [-0.1, -0.05) is 30.3 Å². The van der Waals surface area contributed by atoms with E-state index < -0.39 is 0 Å². The van der Waals surface area contributed by atoms with Crippen molar-refractivity contribution in [2.45, 2.75) is 19.4 Å². The number of anilines is 1. The normalized spacial score (nSPS) is 11.4. The Labute approximate surface area is 210 Å². The van der Waals surface area contributed by atoms with E-state index in [2.05, 4.69) is 10.6 Å². The fourth-order valence-electron chi connectivity index (χ4n) is 3.82. The molecule has 0 saturated carbocycles. The Kier molecular flexibility index (Phi) is 7.70. The molecule has 0 fully saturated rings. The van der Waals surface area contributed by atoms with Crippen molar-refractivity contribution in [1.82, 2.24) is 5.32 Å². The van der Waals surface area contributed by atoms with Crippen LogP contribution in [-0.4, -0.2) is 26.0 Å². The van der Waals surface area contributed by atoms with Crippen LogP contribution in [0, 0.1) is 6.92 Å². The lowest BCUT2D eigenvalue weighted by molar-refractivity contribution is 0.0935. The van der Waals surface area contributed by atoms with Gasteiger partial charge in [-0.25, -0.2) is 0 Å². The van der Waals surface area contributed by atoms with Gasteiger partial charge in [0.2, 0.25) is 0 Å². The fraction of sp³-hybridized carbons (Fsp3) is 0.172. The van der Waals surface area contributed by atoms with Gasteiger partial charge in [0.15, 0.2) is 5.76 Å². The molecule has 4 aromatic rings. The quantitative estimate of drug-likeness (QED) is 0.324. The molecule has 0 aliphatic heterocycles. The molecule has 1 heterocycles. The summed E-state index contributed by atoms with van der Waals surface area (Å²) in [6, 6.07) is 23.5. The topological polar surface area (TPSA) is 89.8 Å². The van der Waals surface area contributed by atoms with Gasteiger partial charge >= 0.3 is 0 Å². The highest BCUT2D eigenvalue weighted by Gasteiger charge is 2.19. The average Bonchev–Trinajstić information content (AvgIpc) is 3.45. The van der Waals surface area contributed by atoms with Crippen LogP contribution < -0.4 is 20.1 Å². The molecule has 0 radical (unpaired) electrons. The number of aryl methyl sites for hydroxylation is 1. The summed E-state index contributed by atoms with van der Waals surface area (Å²) in [5.74, 6) is 1.08. The Bertz CT molecular complexity index is 1310. The van der Waals surface area contributed by atoms with E-state index in [-0.39, 0.29) is 23.6 Å². The number of nitrogens with one attached hydrogen (secondary N) is 2. The zero-order valence-corrected chi connectivity index (χ0v) is 20.4. The van der Waals surface area contributed by atoms with Crippen molar-refractivity contribution >= 4 is 17.5 Å². The summed E-state index contributed by atoms with van der Waals surface area (Å²) in [6.07, 6.45) is 2.02. The number of hydrogen-bond donors (Lipinski definition) is 2. The zero-order valence-electron chi connectivity index (χ0n) is 20.4. The Morgan fingerprint density at radius 3 is 2.14 bits per heavy atom. The van der Waals surface area contributed by atoms with E-state index in [9.17, 15) is 9.59 Å². The molecule has 7 heteroatoms. The van der Waals surface area contributed by atoms with E-state index in [4.69, 9.17) is 13.9 Å². The first-order valence-electron chi connectivity index (χ1n) is 11.5. The van der Waals surface area contributed by atoms with Crippen molar-refractivity contribution in [3.63, 3.8) is 0 Å². The number of carbonyl (C=O) groups excluding carboxylic acids is 2. The van der Waals surface area contributed by atoms with Crippen molar-refractivity contribution in [2.75, 3.05) is 19.5 Å². The van der Waals surface area contributed by atoms with Gasteiger partial charge in [-0.2, -0.15) is 0 Å². The van der Waals surface area contributed by atoms with Gasteiger partial charge in [-0.05, 0) is 78.6 Å². The molecular weight excluding hydrogens is 456 g/mol. The van der Waals surface area contributed by atoms with Crippen LogP contribution in [0.5, 0.6) is 11.5 Å². The van der Waals surface area contributed by atoms with Crippen LogP contribution in [0.25, 0.3) is 0 Å². The number of benzene rings is 3. The minimum absolute atomic E-state index is 0.198. The Morgan fingerprint density at radius 2 is 1.53 bits per heavy atom. The number of furan rings is 1. The van der Waals surface area contributed by atoms with E-state index in [0.717, 1.165) is 28.2 Å². The summed E-state index contributed by atoms with van der Waals surface area (Å²) < 4.78 is 15.7. The molecule has 7 nitrogen and oxygen atoms in total. The summed E-state index contributed by atoms with van der Waals surface area (Å²) in [5, 5.41) is 5.97. The number of ether oxygens (including phenoxy) is 2. The number of carbonyl (C=O) groups is 2. The monoisotopic (exact) mass is 484 g/mol. The summed E-state index contributed by atoms with van der Waals surface area (Å²) in [6.45, 7) is 1.86. The maximum absolute atomic E-state index is 13.3. The molecule has 1 aromatic heterocycles. The minimum atomic E-state index is -0.378. The Balaban J connectivity index is 1.56. The molecule has 2 amide bonds. The van der Waals surface area contributed by atoms with Crippen LogP contribution in [-0.2, 0) is 6.42 Å². The van der Waals surface area contributed by atoms with Gasteiger partial charge in [0, 0.05) is 11.3 Å². The van der Waals surface area contributed by atoms with Crippen molar-refractivity contribution in [1.29, 1.82) is 0 Å². The molecule has 1 atom stereocenters. The standard InChI is InChI=1S/C29H28N2O5/c1-19-6-9-22(18-25(19)30-29(33)27-5-4-16-36-27)28(32)31-26(21-10-14-24(35-3)15-11-21)17-20-7-12-23(34-2)13-8-20/h4-16,18,26H,17H2,1-3H3,(H,30,33)(H,31,32)/t26-/m0/s1. The summed E-state index contributed by atoms with van der Waals surface area (Å²) in [7, 11) is 3.24. The number of amides is 2. The van der Waals surface area contributed by atoms with Gasteiger partial charge in [-0.15, -0.1) is 0 Å². The first-order chi connectivity index (χ1) is 17.5. The van der Waals surface area contributed by atoms with E-state index in [1.165, 1.54) is 6.26 Å². The smallest absolute Gasteiger partial charge is 0.291 e. The highest BCUT2D eigenvalue weighted by atomic mass is 16.5. The average molecular weight is 485 g/mol. The minimum Gasteiger partial charge on any atom is -0.497 e. The second-order valence-corrected chi connectivity index (χ2v) is 8.31. The van der Waals surface area contributed by atoms with E-state index in [1.54, 1.807) is 44.6 Å². The predicted octanol–water partition coefficient (Wildman–Crippen LogP) is 5.57. The van der Waals surface area contributed by atoms with Crippen molar-refractivity contribution < 1.29 is 23.5 Å². The predicted molar refractivity (Wildman–Crippen MR) is 138 cm³/mol. The van der Waals surface area contributed by atoms with Gasteiger partial charge in [0.1, 0.15) is 11.5 Å². The van der Waals surface area contributed by atoms with E-state index >= 15 is 0 Å². The first-order valence-corrected chi connectivity index (χ1v) is 11.5. The van der Waals surface area contributed by atoms with E-state index in [0.29, 0.717) is 17.7 Å². The van der Waals surface area contributed by atoms with Crippen LogP contribution in [0.4, 0.5) is 5.69 Å². The second kappa shape index (κ2) is 11.3. The second-order valence-electron chi connectivity index (χ2n) is 8.31. The third kappa shape index (κ3) is 5.93.